The first-order valence-corrected chi connectivity index (χ1v) is 16.5. The molecule has 1 unspecified atom stereocenters. The number of unbranched alkanes of at least 4 members (excludes halogenated alkanes) is 1. The van der Waals surface area contributed by atoms with Crippen LogP contribution in [0.2, 0.25) is 5.02 Å². The molecule has 9 heteroatoms. The first-order chi connectivity index (χ1) is 21.2. The van der Waals surface area contributed by atoms with Crippen molar-refractivity contribution in [3.8, 4) is 0 Å². The molecule has 1 N–H and O–H groups in total. The number of carbonyl (C=O) groups is 2. The second kappa shape index (κ2) is 15.5. The number of hydrogen-bond donors (Lipinski definition) is 1. The quantitative estimate of drug-likeness (QED) is 0.163. The van der Waals surface area contributed by atoms with Crippen LogP contribution in [0.25, 0.3) is 0 Å². The number of benzene rings is 4. The molecular weight excluding hydrogens is 594 g/mol. The Bertz CT molecular complexity index is 1650. The molecule has 4 aromatic rings. The van der Waals surface area contributed by atoms with E-state index in [2.05, 4.69) is 5.32 Å². The molecule has 1 atom stereocenters. The highest BCUT2D eigenvalue weighted by Gasteiger charge is 2.35. The van der Waals surface area contributed by atoms with Gasteiger partial charge in [-0.3, -0.25) is 13.9 Å². The zero-order valence-corrected chi connectivity index (χ0v) is 26.6. The van der Waals surface area contributed by atoms with Crippen molar-refractivity contribution in [3.63, 3.8) is 0 Å². The van der Waals surface area contributed by atoms with Crippen LogP contribution in [0.4, 0.5) is 5.69 Å². The van der Waals surface area contributed by atoms with Crippen LogP contribution in [-0.2, 0) is 32.6 Å². The summed E-state index contributed by atoms with van der Waals surface area (Å²) in [6, 6.07) is 30.8. The molecule has 44 heavy (non-hydrogen) atoms. The summed E-state index contributed by atoms with van der Waals surface area (Å²) in [7, 11) is -4.15. The summed E-state index contributed by atoms with van der Waals surface area (Å²) >= 11 is 6.55. The number of halogens is 1. The van der Waals surface area contributed by atoms with Gasteiger partial charge in [-0.2, -0.15) is 0 Å². The van der Waals surface area contributed by atoms with Crippen molar-refractivity contribution >= 4 is 39.1 Å². The van der Waals surface area contributed by atoms with Crippen LogP contribution in [0.1, 0.15) is 36.5 Å². The third kappa shape index (κ3) is 8.27. The molecule has 0 aromatic heterocycles. The van der Waals surface area contributed by atoms with Crippen molar-refractivity contribution in [2.75, 3.05) is 17.4 Å². The Hall–Kier alpha value is -4.14. The fourth-order valence-corrected chi connectivity index (χ4v) is 6.64. The lowest BCUT2D eigenvalue weighted by Crippen LogP contribution is -2.53. The van der Waals surface area contributed by atoms with E-state index in [1.165, 1.54) is 17.0 Å². The van der Waals surface area contributed by atoms with E-state index >= 15 is 0 Å². The average molecular weight is 632 g/mol. The van der Waals surface area contributed by atoms with Crippen LogP contribution < -0.4 is 9.62 Å². The Labute approximate surface area is 265 Å². The van der Waals surface area contributed by atoms with E-state index in [-0.39, 0.29) is 23.8 Å². The molecule has 0 saturated carbocycles. The summed E-state index contributed by atoms with van der Waals surface area (Å²) in [5, 5.41) is 3.44. The number of anilines is 1. The SMILES string of the molecule is CCCCNC(=O)C(Cc1ccccc1)N(Cc1ccccc1Cl)C(=O)CN(c1ccccc1C)S(=O)(=O)c1ccccc1. The van der Waals surface area contributed by atoms with E-state index in [9.17, 15) is 18.0 Å². The summed E-state index contributed by atoms with van der Waals surface area (Å²) in [5.74, 6) is -0.838. The highest BCUT2D eigenvalue weighted by molar-refractivity contribution is 7.92. The van der Waals surface area contributed by atoms with E-state index in [1.54, 1.807) is 61.5 Å². The van der Waals surface area contributed by atoms with Crippen LogP contribution in [0.5, 0.6) is 0 Å². The number of rotatable bonds is 14. The van der Waals surface area contributed by atoms with Crippen molar-refractivity contribution in [2.24, 2.45) is 0 Å². The molecule has 0 fully saturated rings. The minimum Gasteiger partial charge on any atom is -0.354 e. The van der Waals surface area contributed by atoms with E-state index in [0.29, 0.717) is 28.4 Å². The van der Waals surface area contributed by atoms with Crippen molar-refractivity contribution in [1.29, 1.82) is 0 Å². The second-order valence-electron chi connectivity index (χ2n) is 10.6. The molecule has 2 amide bonds. The van der Waals surface area contributed by atoms with Gasteiger partial charge >= 0.3 is 0 Å². The van der Waals surface area contributed by atoms with E-state index in [0.717, 1.165) is 22.7 Å². The normalized spacial score (nSPS) is 11.9. The average Bonchev–Trinajstić information content (AvgIpc) is 3.03. The molecular formula is C35H38ClN3O4S. The summed E-state index contributed by atoms with van der Waals surface area (Å²) in [5.41, 5.74) is 2.59. The predicted molar refractivity (Wildman–Crippen MR) is 176 cm³/mol. The van der Waals surface area contributed by atoms with Crippen molar-refractivity contribution in [2.45, 2.75) is 50.6 Å². The van der Waals surface area contributed by atoms with Crippen molar-refractivity contribution in [3.05, 3.63) is 131 Å². The fraction of sp³-hybridized carbons (Fsp3) is 0.257. The standard InChI is InChI=1S/C35H38ClN3O4S/c1-3-4-23-37-35(41)33(24-28-16-7-5-8-17-28)38(25-29-18-12-13-21-31(29)36)34(40)26-39(32-22-14-11-15-27(32)2)44(42,43)30-19-9-6-10-20-30/h5-22,33H,3-4,23-26H2,1-2H3,(H,37,41). The van der Waals surface area contributed by atoms with Gasteiger partial charge in [0.15, 0.2) is 0 Å². The topological polar surface area (TPSA) is 86.8 Å². The van der Waals surface area contributed by atoms with Crippen molar-refractivity contribution < 1.29 is 18.0 Å². The second-order valence-corrected chi connectivity index (χ2v) is 12.8. The smallest absolute Gasteiger partial charge is 0.264 e. The molecule has 0 aliphatic carbocycles. The number of sulfonamides is 1. The van der Waals surface area contributed by atoms with Gasteiger partial charge in [-0.15, -0.1) is 0 Å². The van der Waals surface area contributed by atoms with E-state index < -0.39 is 28.5 Å². The molecule has 4 aromatic carbocycles. The minimum atomic E-state index is -4.15. The Kier molecular flexibility index (Phi) is 11.6. The van der Waals surface area contributed by atoms with Gasteiger partial charge in [0.25, 0.3) is 10.0 Å². The maximum atomic E-state index is 14.5. The molecule has 4 rings (SSSR count). The summed E-state index contributed by atoms with van der Waals surface area (Å²) in [6.07, 6.45) is 1.93. The Morgan fingerprint density at radius 2 is 1.45 bits per heavy atom. The minimum absolute atomic E-state index is 0.0181. The van der Waals surface area contributed by atoms with Gasteiger partial charge in [0.05, 0.1) is 10.6 Å². The van der Waals surface area contributed by atoms with Crippen LogP contribution in [0.3, 0.4) is 0 Å². The lowest BCUT2D eigenvalue weighted by Gasteiger charge is -2.34. The first-order valence-electron chi connectivity index (χ1n) is 14.7. The number of hydrogen-bond acceptors (Lipinski definition) is 4. The highest BCUT2D eigenvalue weighted by atomic mass is 35.5. The van der Waals surface area contributed by atoms with Gasteiger partial charge in [-0.25, -0.2) is 8.42 Å². The van der Waals surface area contributed by atoms with Gasteiger partial charge in [-0.1, -0.05) is 110 Å². The molecule has 7 nitrogen and oxygen atoms in total. The van der Waals surface area contributed by atoms with Crippen LogP contribution in [0, 0.1) is 6.92 Å². The maximum absolute atomic E-state index is 14.5. The maximum Gasteiger partial charge on any atom is 0.264 e. The Morgan fingerprint density at radius 3 is 2.11 bits per heavy atom. The predicted octanol–water partition coefficient (Wildman–Crippen LogP) is 6.40. The van der Waals surface area contributed by atoms with Crippen LogP contribution >= 0.6 is 11.6 Å². The largest absolute Gasteiger partial charge is 0.354 e. The van der Waals surface area contributed by atoms with Gasteiger partial charge in [-0.05, 0) is 54.3 Å². The summed E-state index contributed by atoms with van der Waals surface area (Å²) < 4.78 is 29.3. The monoisotopic (exact) mass is 631 g/mol. The zero-order chi connectivity index (χ0) is 31.5. The van der Waals surface area contributed by atoms with Gasteiger partial charge in [0, 0.05) is 24.5 Å². The number of nitrogens with zero attached hydrogens (tertiary/aromatic N) is 2. The fourth-order valence-electron chi connectivity index (χ4n) is 4.95. The molecule has 0 bridgehead atoms. The van der Waals surface area contributed by atoms with E-state index in [4.69, 9.17) is 11.6 Å². The van der Waals surface area contributed by atoms with Crippen LogP contribution in [-0.4, -0.2) is 44.3 Å². The number of para-hydroxylation sites is 1. The van der Waals surface area contributed by atoms with Crippen LogP contribution in [0.15, 0.2) is 114 Å². The van der Waals surface area contributed by atoms with Crippen molar-refractivity contribution in [1.82, 2.24) is 10.2 Å². The molecule has 0 saturated heterocycles. The highest BCUT2D eigenvalue weighted by Crippen LogP contribution is 2.28. The number of amides is 2. The molecule has 0 heterocycles. The Balaban J connectivity index is 1.80. The first kappa shape index (κ1) is 32.8. The third-order valence-corrected chi connectivity index (χ3v) is 9.54. The molecule has 0 aliphatic rings. The third-order valence-electron chi connectivity index (χ3n) is 7.39. The molecule has 0 aliphatic heterocycles. The lowest BCUT2D eigenvalue weighted by atomic mass is 10.0. The van der Waals surface area contributed by atoms with E-state index in [1.807, 2.05) is 49.4 Å². The molecule has 0 radical (unpaired) electrons. The number of carbonyl (C=O) groups excluding carboxylic acids is 2. The summed E-state index contributed by atoms with van der Waals surface area (Å²) in [6.45, 7) is 3.80. The number of aryl methyl sites for hydroxylation is 1. The summed E-state index contributed by atoms with van der Waals surface area (Å²) in [4.78, 5) is 29.8. The Morgan fingerprint density at radius 1 is 0.841 bits per heavy atom. The molecule has 0 spiro atoms. The zero-order valence-electron chi connectivity index (χ0n) is 25.0. The van der Waals surface area contributed by atoms with Gasteiger partial charge in [0.1, 0.15) is 12.6 Å². The number of nitrogens with one attached hydrogen (secondary N) is 1. The molecule has 230 valence electrons. The van der Waals surface area contributed by atoms with Gasteiger partial charge in [0.2, 0.25) is 11.8 Å². The van der Waals surface area contributed by atoms with Gasteiger partial charge < -0.3 is 10.2 Å². The lowest BCUT2D eigenvalue weighted by molar-refractivity contribution is -0.140.